The molecule has 34 heavy (non-hydrogen) atoms. The van der Waals surface area contributed by atoms with E-state index < -0.39 is 23.6 Å². The molecule has 1 aliphatic rings. The first-order valence-corrected chi connectivity index (χ1v) is 10.7. The van der Waals surface area contributed by atoms with Crippen molar-refractivity contribution in [3.8, 4) is 0 Å². The molecule has 4 nitrogen and oxygen atoms in total. The fourth-order valence-corrected chi connectivity index (χ4v) is 3.92. The number of nitrogens with zero attached hydrogens (tertiary/aromatic N) is 1. The third-order valence-corrected chi connectivity index (χ3v) is 6.16. The van der Waals surface area contributed by atoms with Crippen molar-refractivity contribution in [2.45, 2.75) is 33.9 Å². The molecule has 0 saturated carbocycles. The Morgan fingerprint density at radius 2 is 1.47 bits per heavy atom. The molecule has 2 amide bonds. The molecule has 0 bridgehead atoms. The second kappa shape index (κ2) is 8.48. The van der Waals surface area contributed by atoms with Gasteiger partial charge in [0.2, 0.25) is 0 Å². The average Bonchev–Trinajstić information content (AvgIpc) is 3.01. The van der Waals surface area contributed by atoms with Crippen molar-refractivity contribution in [1.82, 2.24) is 0 Å². The summed E-state index contributed by atoms with van der Waals surface area (Å²) in [7, 11) is 0. The molecular formula is C27H23F3N2O2. The summed E-state index contributed by atoms with van der Waals surface area (Å²) < 4.78 is 39.7. The maximum Gasteiger partial charge on any atom is 0.416 e. The van der Waals surface area contributed by atoms with E-state index in [-0.39, 0.29) is 17.0 Å². The quantitative estimate of drug-likeness (QED) is 0.459. The number of alkyl halides is 3. The summed E-state index contributed by atoms with van der Waals surface area (Å²) in [6.07, 6.45) is -4.54. The first kappa shape index (κ1) is 23.3. The van der Waals surface area contributed by atoms with Gasteiger partial charge in [0.25, 0.3) is 11.8 Å². The van der Waals surface area contributed by atoms with Crippen LogP contribution in [-0.4, -0.2) is 11.8 Å². The summed E-state index contributed by atoms with van der Waals surface area (Å²) in [6, 6.07) is 15.3. The molecule has 1 N–H and O–H groups in total. The lowest BCUT2D eigenvalue weighted by Gasteiger charge is -2.19. The third-order valence-electron chi connectivity index (χ3n) is 6.16. The van der Waals surface area contributed by atoms with Crippen LogP contribution in [0.15, 0.2) is 66.4 Å². The highest BCUT2D eigenvalue weighted by Crippen LogP contribution is 2.37. The van der Waals surface area contributed by atoms with E-state index in [1.165, 1.54) is 12.1 Å². The highest BCUT2D eigenvalue weighted by Gasteiger charge is 2.41. The zero-order chi connectivity index (χ0) is 24.8. The molecule has 0 radical (unpaired) electrons. The topological polar surface area (TPSA) is 49.4 Å². The highest BCUT2D eigenvalue weighted by atomic mass is 19.4. The third kappa shape index (κ3) is 4.09. The maximum atomic E-state index is 13.6. The maximum absolute atomic E-state index is 13.6. The number of imide groups is 1. The van der Waals surface area contributed by atoms with E-state index >= 15 is 0 Å². The Kier molecular flexibility index (Phi) is 5.81. The normalized spacial score (nSPS) is 14.3. The summed E-state index contributed by atoms with van der Waals surface area (Å²) in [5.41, 5.74) is 3.84. The van der Waals surface area contributed by atoms with E-state index in [1.807, 2.05) is 39.8 Å². The van der Waals surface area contributed by atoms with Gasteiger partial charge in [-0.2, -0.15) is 13.2 Å². The SMILES string of the molecule is Cc1ccc(C2=C(Nc3cccc(C(F)(F)F)c3)C(=O)N(c3cccc(C)c3C)C2=O)cc1C. The molecule has 0 aromatic heterocycles. The standard InChI is InChI=1S/C27H23F3N2O2/c1-15-11-12-19(13-17(15)3)23-24(31-21-9-6-8-20(14-21)27(28,29)30)26(34)32(25(23)33)22-10-5-7-16(2)18(22)4/h5-14,31H,1-4H3. The lowest BCUT2D eigenvalue weighted by atomic mass is 9.99. The van der Waals surface area contributed by atoms with Gasteiger partial charge in [-0.05, 0) is 79.8 Å². The Labute approximate surface area is 195 Å². The zero-order valence-corrected chi connectivity index (χ0v) is 19.2. The van der Waals surface area contributed by atoms with E-state index in [1.54, 1.807) is 24.3 Å². The van der Waals surface area contributed by atoms with Crippen LogP contribution in [-0.2, 0) is 15.8 Å². The molecule has 4 rings (SSSR count). The van der Waals surface area contributed by atoms with Crippen LogP contribution < -0.4 is 10.2 Å². The molecule has 0 saturated heterocycles. The van der Waals surface area contributed by atoms with Gasteiger partial charge in [0.05, 0.1) is 16.8 Å². The fourth-order valence-electron chi connectivity index (χ4n) is 3.92. The van der Waals surface area contributed by atoms with Crippen LogP contribution >= 0.6 is 0 Å². The summed E-state index contributed by atoms with van der Waals surface area (Å²) >= 11 is 0. The summed E-state index contributed by atoms with van der Waals surface area (Å²) in [4.78, 5) is 28.3. The molecule has 3 aromatic rings. The van der Waals surface area contributed by atoms with E-state index in [2.05, 4.69) is 5.32 Å². The minimum atomic E-state index is -4.54. The monoisotopic (exact) mass is 464 g/mol. The minimum Gasteiger partial charge on any atom is -0.350 e. The van der Waals surface area contributed by atoms with Crippen molar-refractivity contribution in [3.63, 3.8) is 0 Å². The van der Waals surface area contributed by atoms with Crippen molar-refractivity contribution in [2.24, 2.45) is 0 Å². The number of amides is 2. The van der Waals surface area contributed by atoms with Crippen LogP contribution in [0.5, 0.6) is 0 Å². The largest absolute Gasteiger partial charge is 0.416 e. The molecule has 0 fully saturated rings. The van der Waals surface area contributed by atoms with Crippen LogP contribution in [0, 0.1) is 27.7 Å². The van der Waals surface area contributed by atoms with Gasteiger partial charge in [-0.15, -0.1) is 0 Å². The molecule has 0 spiro atoms. The van der Waals surface area contributed by atoms with E-state index in [0.29, 0.717) is 11.3 Å². The predicted octanol–water partition coefficient (Wildman–Crippen LogP) is 6.34. The van der Waals surface area contributed by atoms with Crippen molar-refractivity contribution in [3.05, 3.63) is 99.7 Å². The number of halogens is 3. The Morgan fingerprint density at radius 3 is 2.15 bits per heavy atom. The average molecular weight is 464 g/mol. The molecular weight excluding hydrogens is 441 g/mol. The molecule has 7 heteroatoms. The molecule has 0 atom stereocenters. The van der Waals surface area contributed by atoms with Gasteiger partial charge in [-0.25, -0.2) is 4.90 Å². The van der Waals surface area contributed by atoms with Crippen LogP contribution in [0.25, 0.3) is 5.57 Å². The summed E-state index contributed by atoms with van der Waals surface area (Å²) in [5.74, 6) is -1.15. The number of anilines is 2. The zero-order valence-electron chi connectivity index (χ0n) is 19.2. The van der Waals surface area contributed by atoms with Crippen molar-refractivity contribution in [1.29, 1.82) is 0 Å². The van der Waals surface area contributed by atoms with Crippen LogP contribution in [0.1, 0.15) is 33.4 Å². The molecule has 174 valence electrons. The van der Waals surface area contributed by atoms with Gasteiger partial charge in [0.15, 0.2) is 0 Å². The summed E-state index contributed by atoms with van der Waals surface area (Å²) in [5, 5.41) is 2.82. The number of nitrogens with one attached hydrogen (secondary N) is 1. The second-order valence-electron chi connectivity index (χ2n) is 8.42. The Balaban J connectivity index is 1.87. The van der Waals surface area contributed by atoms with Gasteiger partial charge in [-0.1, -0.05) is 36.4 Å². The van der Waals surface area contributed by atoms with Gasteiger partial charge in [-0.3, -0.25) is 9.59 Å². The van der Waals surface area contributed by atoms with Crippen molar-refractivity contribution >= 4 is 28.8 Å². The number of hydrogen-bond donors (Lipinski definition) is 1. The Hall–Kier alpha value is -3.87. The van der Waals surface area contributed by atoms with Gasteiger partial charge in [0, 0.05) is 5.69 Å². The molecule has 1 heterocycles. The predicted molar refractivity (Wildman–Crippen MR) is 126 cm³/mol. The van der Waals surface area contributed by atoms with Crippen LogP contribution in [0.4, 0.5) is 24.5 Å². The Bertz CT molecular complexity index is 1360. The number of rotatable bonds is 4. The number of hydrogen-bond acceptors (Lipinski definition) is 3. The van der Waals surface area contributed by atoms with Crippen molar-refractivity contribution < 1.29 is 22.8 Å². The van der Waals surface area contributed by atoms with E-state index in [9.17, 15) is 22.8 Å². The van der Waals surface area contributed by atoms with Gasteiger partial charge < -0.3 is 5.32 Å². The highest BCUT2D eigenvalue weighted by molar-refractivity contribution is 6.46. The molecule has 1 aliphatic heterocycles. The number of carbonyl (C=O) groups is 2. The lowest BCUT2D eigenvalue weighted by molar-refractivity contribution is -0.137. The van der Waals surface area contributed by atoms with E-state index in [4.69, 9.17) is 0 Å². The fraction of sp³-hybridized carbons (Fsp3) is 0.185. The number of aryl methyl sites for hydroxylation is 3. The number of carbonyl (C=O) groups excluding carboxylic acids is 2. The first-order valence-electron chi connectivity index (χ1n) is 10.7. The minimum absolute atomic E-state index is 0.0616. The van der Waals surface area contributed by atoms with Gasteiger partial charge in [0.1, 0.15) is 5.70 Å². The van der Waals surface area contributed by atoms with Crippen LogP contribution in [0.3, 0.4) is 0 Å². The number of benzene rings is 3. The molecule has 0 unspecified atom stereocenters. The Morgan fingerprint density at radius 1 is 0.765 bits per heavy atom. The summed E-state index contributed by atoms with van der Waals surface area (Å²) in [6.45, 7) is 7.52. The molecule has 0 aliphatic carbocycles. The second-order valence-corrected chi connectivity index (χ2v) is 8.42. The smallest absolute Gasteiger partial charge is 0.350 e. The lowest BCUT2D eigenvalue weighted by Crippen LogP contribution is -2.33. The van der Waals surface area contributed by atoms with E-state index in [0.717, 1.165) is 39.3 Å². The van der Waals surface area contributed by atoms with Crippen LogP contribution in [0.2, 0.25) is 0 Å². The van der Waals surface area contributed by atoms with Crippen molar-refractivity contribution in [2.75, 3.05) is 10.2 Å². The van der Waals surface area contributed by atoms with Gasteiger partial charge >= 0.3 is 6.18 Å². The first-order chi connectivity index (χ1) is 16.0. The molecule has 3 aromatic carbocycles.